The van der Waals surface area contributed by atoms with Crippen LogP contribution in [0.25, 0.3) is 0 Å². The maximum atomic E-state index is 12.0. The summed E-state index contributed by atoms with van der Waals surface area (Å²) in [6.07, 6.45) is 3.76. The molecule has 2 unspecified atom stereocenters. The number of nitrogens with two attached hydrogens (primary N) is 2. The van der Waals surface area contributed by atoms with Gasteiger partial charge in [0.05, 0.1) is 11.4 Å². The van der Waals surface area contributed by atoms with Gasteiger partial charge in [-0.15, -0.1) is 0 Å². The van der Waals surface area contributed by atoms with E-state index in [0.29, 0.717) is 11.4 Å². The molecule has 1 aliphatic rings. The number of carbonyl (C=O) groups excluding carboxylic acids is 1. The van der Waals surface area contributed by atoms with E-state index in [1.807, 2.05) is 18.2 Å². The average molecular weight is 233 g/mol. The van der Waals surface area contributed by atoms with Gasteiger partial charge in [0.1, 0.15) is 0 Å². The number of nitrogen functional groups attached to an aromatic ring is 1. The first-order chi connectivity index (χ1) is 8.16. The lowest BCUT2D eigenvalue weighted by Crippen LogP contribution is -2.34. The molecule has 1 amide bonds. The Morgan fingerprint density at radius 2 is 2.06 bits per heavy atom. The summed E-state index contributed by atoms with van der Waals surface area (Å²) >= 11 is 0. The molecule has 0 heterocycles. The van der Waals surface area contributed by atoms with E-state index in [9.17, 15) is 4.79 Å². The first kappa shape index (κ1) is 11.9. The van der Waals surface area contributed by atoms with Crippen molar-refractivity contribution in [1.82, 2.24) is 0 Å². The first-order valence-electron chi connectivity index (χ1n) is 6.08. The largest absolute Gasteiger partial charge is 0.397 e. The topological polar surface area (TPSA) is 81.1 Å². The lowest BCUT2D eigenvalue weighted by molar-refractivity contribution is -0.120. The zero-order valence-corrected chi connectivity index (χ0v) is 9.86. The molecule has 1 fully saturated rings. The van der Waals surface area contributed by atoms with Crippen LogP contribution in [0.15, 0.2) is 24.3 Å². The molecule has 92 valence electrons. The summed E-state index contributed by atoms with van der Waals surface area (Å²) in [4.78, 5) is 12.0. The second-order valence-corrected chi connectivity index (χ2v) is 4.70. The summed E-state index contributed by atoms with van der Waals surface area (Å²) in [7, 11) is 0. The highest BCUT2D eigenvalue weighted by atomic mass is 16.1. The number of para-hydroxylation sites is 2. The zero-order chi connectivity index (χ0) is 12.3. The molecule has 0 aliphatic heterocycles. The summed E-state index contributed by atoms with van der Waals surface area (Å²) in [5.41, 5.74) is 13.0. The van der Waals surface area contributed by atoms with Crippen molar-refractivity contribution in [2.24, 2.45) is 11.7 Å². The van der Waals surface area contributed by atoms with E-state index in [4.69, 9.17) is 11.5 Å². The van der Waals surface area contributed by atoms with Crippen molar-refractivity contribution in [2.45, 2.75) is 31.7 Å². The third-order valence-corrected chi connectivity index (χ3v) is 3.30. The summed E-state index contributed by atoms with van der Waals surface area (Å²) in [6, 6.07) is 7.46. The molecule has 4 heteroatoms. The number of rotatable bonds is 2. The maximum Gasteiger partial charge on any atom is 0.227 e. The fourth-order valence-electron chi connectivity index (χ4n) is 2.31. The van der Waals surface area contributed by atoms with Crippen LogP contribution in [-0.2, 0) is 4.79 Å². The Hall–Kier alpha value is -1.55. The molecule has 0 aromatic heterocycles. The molecule has 0 radical (unpaired) electrons. The summed E-state index contributed by atoms with van der Waals surface area (Å²) in [6.45, 7) is 0. The minimum atomic E-state index is 0.0263. The highest BCUT2D eigenvalue weighted by Crippen LogP contribution is 2.25. The molecule has 5 N–H and O–H groups in total. The fourth-order valence-corrected chi connectivity index (χ4v) is 2.31. The second kappa shape index (κ2) is 5.19. The SMILES string of the molecule is Nc1ccccc1NC(=O)C1CCCC(N)C1. The van der Waals surface area contributed by atoms with Crippen molar-refractivity contribution < 1.29 is 4.79 Å². The number of amides is 1. The van der Waals surface area contributed by atoms with Crippen LogP contribution in [0, 0.1) is 5.92 Å². The van der Waals surface area contributed by atoms with Crippen LogP contribution in [0.3, 0.4) is 0 Å². The van der Waals surface area contributed by atoms with Gasteiger partial charge in [0.15, 0.2) is 0 Å². The van der Waals surface area contributed by atoms with Gasteiger partial charge in [0, 0.05) is 12.0 Å². The molecule has 0 bridgehead atoms. The van der Waals surface area contributed by atoms with Gasteiger partial charge in [-0.1, -0.05) is 18.6 Å². The van der Waals surface area contributed by atoms with Gasteiger partial charge < -0.3 is 16.8 Å². The number of anilines is 2. The molecule has 2 atom stereocenters. The predicted octanol–water partition coefficient (Wildman–Crippen LogP) is 1.72. The van der Waals surface area contributed by atoms with Crippen LogP contribution in [0.4, 0.5) is 11.4 Å². The number of hydrogen-bond donors (Lipinski definition) is 3. The molecule has 1 saturated carbocycles. The van der Waals surface area contributed by atoms with Crippen LogP contribution >= 0.6 is 0 Å². The van der Waals surface area contributed by atoms with Gasteiger partial charge in [-0.25, -0.2) is 0 Å². The van der Waals surface area contributed by atoms with Crippen molar-refractivity contribution >= 4 is 17.3 Å². The molecule has 0 spiro atoms. The molecule has 1 aliphatic carbocycles. The molecule has 4 nitrogen and oxygen atoms in total. The smallest absolute Gasteiger partial charge is 0.227 e. The zero-order valence-electron chi connectivity index (χ0n) is 9.86. The summed E-state index contributed by atoms with van der Waals surface area (Å²) in [5, 5.41) is 2.88. The Balaban J connectivity index is 1.99. The van der Waals surface area contributed by atoms with Crippen LogP contribution < -0.4 is 16.8 Å². The molecule has 17 heavy (non-hydrogen) atoms. The summed E-state index contributed by atoms with van der Waals surface area (Å²) < 4.78 is 0. The monoisotopic (exact) mass is 233 g/mol. The standard InChI is InChI=1S/C13H19N3O/c14-10-5-3-4-9(8-10)13(17)16-12-7-2-1-6-11(12)15/h1-2,6-7,9-10H,3-5,8,14-15H2,(H,16,17). The van der Waals surface area contributed by atoms with Gasteiger partial charge in [-0.3, -0.25) is 4.79 Å². The van der Waals surface area contributed by atoms with E-state index in [0.717, 1.165) is 25.7 Å². The number of carbonyl (C=O) groups is 1. The van der Waals surface area contributed by atoms with Gasteiger partial charge >= 0.3 is 0 Å². The molecule has 1 aromatic rings. The van der Waals surface area contributed by atoms with Crippen LogP contribution in [-0.4, -0.2) is 11.9 Å². The van der Waals surface area contributed by atoms with Crippen molar-refractivity contribution in [3.8, 4) is 0 Å². The van der Waals surface area contributed by atoms with Crippen LogP contribution in [0.2, 0.25) is 0 Å². The predicted molar refractivity (Wildman–Crippen MR) is 69.4 cm³/mol. The van der Waals surface area contributed by atoms with Crippen LogP contribution in [0.1, 0.15) is 25.7 Å². The van der Waals surface area contributed by atoms with Crippen molar-refractivity contribution in [1.29, 1.82) is 0 Å². The lowest BCUT2D eigenvalue weighted by atomic mass is 9.85. The lowest BCUT2D eigenvalue weighted by Gasteiger charge is -2.25. The van der Waals surface area contributed by atoms with Gasteiger partial charge in [-0.05, 0) is 31.4 Å². The Morgan fingerprint density at radius 1 is 1.29 bits per heavy atom. The Morgan fingerprint density at radius 3 is 2.76 bits per heavy atom. The highest BCUT2D eigenvalue weighted by molar-refractivity contribution is 5.95. The molecule has 1 aromatic carbocycles. The third kappa shape index (κ3) is 2.97. The second-order valence-electron chi connectivity index (χ2n) is 4.70. The van der Waals surface area contributed by atoms with E-state index in [-0.39, 0.29) is 17.9 Å². The minimum Gasteiger partial charge on any atom is -0.397 e. The Bertz CT molecular complexity index is 405. The van der Waals surface area contributed by atoms with E-state index in [1.165, 1.54) is 0 Å². The maximum absolute atomic E-state index is 12.0. The van der Waals surface area contributed by atoms with Gasteiger partial charge in [0.25, 0.3) is 0 Å². The molecule has 0 saturated heterocycles. The Kier molecular flexibility index (Phi) is 3.64. The van der Waals surface area contributed by atoms with Gasteiger partial charge in [-0.2, -0.15) is 0 Å². The normalized spacial score (nSPS) is 24.3. The molecular weight excluding hydrogens is 214 g/mol. The van der Waals surface area contributed by atoms with Crippen molar-refractivity contribution in [2.75, 3.05) is 11.1 Å². The first-order valence-corrected chi connectivity index (χ1v) is 6.08. The molecule has 2 rings (SSSR count). The van der Waals surface area contributed by atoms with Crippen molar-refractivity contribution in [3.63, 3.8) is 0 Å². The average Bonchev–Trinajstić information content (AvgIpc) is 2.32. The fraction of sp³-hybridized carbons (Fsp3) is 0.462. The van der Waals surface area contributed by atoms with E-state index < -0.39 is 0 Å². The van der Waals surface area contributed by atoms with Crippen LogP contribution in [0.5, 0.6) is 0 Å². The van der Waals surface area contributed by atoms with E-state index in [2.05, 4.69) is 5.32 Å². The minimum absolute atomic E-state index is 0.0263. The number of nitrogens with one attached hydrogen (secondary N) is 1. The third-order valence-electron chi connectivity index (χ3n) is 3.30. The molecular formula is C13H19N3O. The summed E-state index contributed by atoms with van der Waals surface area (Å²) in [5.74, 6) is 0.0661. The Labute approximate surface area is 101 Å². The van der Waals surface area contributed by atoms with Crippen molar-refractivity contribution in [3.05, 3.63) is 24.3 Å². The number of benzene rings is 1. The quantitative estimate of drug-likeness (QED) is 0.680. The van der Waals surface area contributed by atoms with Gasteiger partial charge in [0.2, 0.25) is 5.91 Å². The number of hydrogen-bond acceptors (Lipinski definition) is 3. The van der Waals surface area contributed by atoms with E-state index in [1.54, 1.807) is 6.07 Å². The highest BCUT2D eigenvalue weighted by Gasteiger charge is 2.25. The van der Waals surface area contributed by atoms with E-state index >= 15 is 0 Å².